The van der Waals surface area contributed by atoms with Crippen LogP contribution in [0.25, 0.3) is 0 Å². The Hall–Kier alpha value is -1.76. The van der Waals surface area contributed by atoms with Crippen LogP contribution in [-0.4, -0.2) is 41.1 Å². The van der Waals surface area contributed by atoms with Crippen molar-refractivity contribution >= 4 is 22.4 Å². The number of hydrogen-bond donors (Lipinski definition) is 1. The first-order valence-corrected chi connectivity index (χ1v) is 10.3. The zero-order valence-electron chi connectivity index (χ0n) is 16.8. The lowest BCUT2D eigenvalue weighted by molar-refractivity contribution is -0.0707. The van der Waals surface area contributed by atoms with Crippen molar-refractivity contribution in [3.05, 3.63) is 46.5 Å². The summed E-state index contributed by atoms with van der Waals surface area (Å²) in [6, 6.07) is 7.79. The zero-order valence-corrected chi connectivity index (χ0v) is 17.6. The third-order valence-electron chi connectivity index (χ3n) is 4.67. The molecule has 6 heteroatoms. The number of amides is 1. The molecule has 2 atom stereocenters. The Morgan fingerprint density at radius 1 is 1.22 bits per heavy atom. The topological polar surface area (TPSA) is 54.5 Å². The summed E-state index contributed by atoms with van der Waals surface area (Å²) in [5.41, 5.74) is 2.92. The van der Waals surface area contributed by atoms with Crippen LogP contribution in [-0.2, 0) is 16.7 Å². The van der Waals surface area contributed by atoms with Gasteiger partial charge in [-0.2, -0.15) is 0 Å². The first-order valence-electron chi connectivity index (χ1n) is 9.45. The summed E-state index contributed by atoms with van der Waals surface area (Å²) >= 11 is 1.47. The summed E-state index contributed by atoms with van der Waals surface area (Å²) in [7, 11) is 0. The van der Waals surface area contributed by atoms with Gasteiger partial charge in [0.05, 0.1) is 17.9 Å². The fourth-order valence-electron chi connectivity index (χ4n) is 3.37. The normalized spacial score (nSPS) is 21.2. The standard InChI is InChI=1S/C21H29N3O2S/c1-14-10-24(11-15(2)26-14)12-18-13-27-20(22-18)23-19(25)16-6-8-17(9-7-16)21(3,4)5/h6-9,13-15H,10-12H2,1-5H3,(H,22,23,25)/t14-,15-/m0/s1. The first-order chi connectivity index (χ1) is 12.7. The monoisotopic (exact) mass is 387 g/mol. The third kappa shape index (κ3) is 5.37. The minimum Gasteiger partial charge on any atom is -0.373 e. The lowest BCUT2D eigenvalue weighted by atomic mass is 9.87. The minimum atomic E-state index is -0.120. The molecule has 1 N–H and O–H groups in total. The fraction of sp³-hybridized carbons (Fsp3) is 0.524. The summed E-state index contributed by atoms with van der Waals surface area (Å²) in [4.78, 5) is 19.4. The van der Waals surface area contributed by atoms with Gasteiger partial charge in [0, 0.05) is 30.6 Å². The molecule has 1 aromatic heterocycles. The van der Waals surface area contributed by atoms with Crippen molar-refractivity contribution in [3.63, 3.8) is 0 Å². The number of nitrogens with zero attached hydrogens (tertiary/aromatic N) is 2. The molecule has 0 spiro atoms. The first kappa shape index (κ1) is 20.0. The lowest BCUT2D eigenvalue weighted by Crippen LogP contribution is -2.44. The van der Waals surface area contributed by atoms with Crippen molar-refractivity contribution in [1.82, 2.24) is 9.88 Å². The molecule has 0 radical (unpaired) electrons. The largest absolute Gasteiger partial charge is 0.373 e. The number of aromatic nitrogens is 1. The van der Waals surface area contributed by atoms with E-state index >= 15 is 0 Å². The van der Waals surface area contributed by atoms with Gasteiger partial charge < -0.3 is 4.74 Å². The second-order valence-corrected chi connectivity index (χ2v) is 9.23. The van der Waals surface area contributed by atoms with E-state index in [0.717, 1.165) is 25.3 Å². The Morgan fingerprint density at radius 3 is 2.44 bits per heavy atom. The number of carbonyl (C=O) groups is 1. The molecule has 0 saturated carbocycles. The van der Waals surface area contributed by atoms with Crippen molar-refractivity contribution < 1.29 is 9.53 Å². The summed E-state index contributed by atoms with van der Waals surface area (Å²) < 4.78 is 5.77. The van der Waals surface area contributed by atoms with E-state index in [2.05, 4.69) is 49.8 Å². The van der Waals surface area contributed by atoms with Gasteiger partial charge in [-0.25, -0.2) is 4.98 Å². The van der Waals surface area contributed by atoms with Gasteiger partial charge in [-0.1, -0.05) is 32.9 Å². The average molecular weight is 388 g/mol. The molecule has 1 saturated heterocycles. The van der Waals surface area contributed by atoms with E-state index in [1.165, 1.54) is 16.9 Å². The van der Waals surface area contributed by atoms with E-state index in [9.17, 15) is 4.79 Å². The summed E-state index contributed by atoms with van der Waals surface area (Å²) in [5, 5.41) is 5.58. The highest BCUT2D eigenvalue weighted by Crippen LogP contribution is 2.23. The van der Waals surface area contributed by atoms with Crippen molar-refractivity contribution in [3.8, 4) is 0 Å². The maximum absolute atomic E-state index is 12.5. The minimum absolute atomic E-state index is 0.0771. The van der Waals surface area contributed by atoms with Gasteiger partial charge in [0.2, 0.25) is 0 Å². The van der Waals surface area contributed by atoms with Crippen LogP contribution in [0.4, 0.5) is 5.13 Å². The molecule has 27 heavy (non-hydrogen) atoms. The number of hydrogen-bond acceptors (Lipinski definition) is 5. The Balaban J connectivity index is 1.59. The summed E-state index contributed by atoms with van der Waals surface area (Å²) in [6.07, 6.45) is 0.477. The SMILES string of the molecule is C[C@H]1CN(Cc2csc(NC(=O)c3ccc(C(C)(C)C)cc3)n2)C[C@H](C)O1. The van der Waals surface area contributed by atoms with E-state index in [1.54, 1.807) is 0 Å². The number of nitrogens with one attached hydrogen (secondary N) is 1. The number of morpholine rings is 1. The van der Waals surface area contributed by atoms with Crippen LogP contribution < -0.4 is 5.32 Å². The van der Waals surface area contributed by atoms with Crippen LogP contribution in [0.2, 0.25) is 0 Å². The molecule has 146 valence electrons. The molecule has 3 rings (SSSR count). The van der Waals surface area contributed by atoms with E-state index < -0.39 is 0 Å². The predicted octanol–water partition coefficient (Wildman–Crippen LogP) is 4.30. The molecule has 2 aromatic rings. The third-order valence-corrected chi connectivity index (χ3v) is 5.47. The van der Waals surface area contributed by atoms with Crippen LogP contribution >= 0.6 is 11.3 Å². The van der Waals surface area contributed by atoms with Crippen molar-refractivity contribution in [2.75, 3.05) is 18.4 Å². The molecule has 5 nitrogen and oxygen atoms in total. The number of anilines is 1. The maximum atomic E-state index is 12.5. The molecular weight excluding hydrogens is 358 g/mol. The highest BCUT2D eigenvalue weighted by Gasteiger charge is 2.23. The molecule has 1 aliphatic rings. The molecule has 1 aromatic carbocycles. The Morgan fingerprint density at radius 2 is 1.85 bits per heavy atom. The number of rotatable bonds is 4. The number of carbonyl (C=O) groups excluding carboxylic acids is 1. The van der Waals surface area contributed by atoms with E-state index in [0.29, 0.717) is 10.7 Å². The van der Waals surface area contributed by atoms with Gasteiger partial charge in [0.15, 0.2) is 5.13 Å². The van der Waals surface area contributed by atoms with Crippen molar-refractivity contribution in [2.45, 2.75) is 58.8 Å². The van der Waals surface area contributed by atoms with Gasteiger partial charge in [0.1, 0.15) is 0 Å². The number of ether oxygens (including phenoxy) is 1. The van der Waals surface area contributed by atoms with Crippen molar-refractivity contribution in [1.29, 1.82) is 0 Å². The second kappa shape index (κ2) is 8.09. The maximum Gasteiger partial charge on any atom is 0.257 e. The lowest BCUT2D eigenvalue weighted by Gasteiger charge is -2.34. The van der Waals surface area contributed by atoms with Crippen LogP contribution in [0.3, 0.4) is 0 Å². The zero-order chi connectivity index (χ0) is 19.6. The van der Waals surface area contributed by atoms with Gasteiger partial charge in [-0.15, -0.1) is 11.3 Å². The smallest absolute Gasteiger partial charge is 0.257 e. The molecule has 2 heterocycles. The van der Waals surface area contributed by atoms with Gasteiger partial charge in [-0.05, 0) is 37.0 Å². The fourth-order valence-corrected chi connectivity index (χ4v) is 4.07. The Kier molecular flexibility index (Phi) is 5.99. The average Bonchev–Trinajstić information content (AvgIpc) is 3.00. The Labute approximate surface area is 165 Å². The molecule has 0 bridgehead atoms. The highest BCUT2D eigenvalue weighted by atomic mass is 32.1. The van der Waals surface area contributed by atoms with E-state index in [4.69, 9.17) is 4.74 Å². The predicted molar refractivity (Wildman–Crippen MR) is 110 cm³/mol. The second-order valence-electron chi connectivity index (χ2n) is 8.38. The summed E-state index contributed by atoms with van der Waals surface area (Å²) in [6.45, 7) is 13.3. The molecule has 1 fully saturated rings. The molecule has 1 amide bonds. The Bertz CT molecular complexity index is 769. The van der Waals surface area contributed by atoms with Crippen LogP contribution in [0.15, 0.2) is 29.6 Å². The molecular formula is C21H29N3O2S. The highest BCUT2D eigenvalue weighted by molar-refractivity contribution is 7.13. The van der Waals surface area contributed by atoms with Gasteiger partial charge in [-0.3, -0.25) is 15.0 Å². The molecule has 0 unspecified atom stereocenters. The van der Waals surface area contributed by atoms with Crippen molar-refractivity contribution in [2.24, 2.45) is 0 Å². The molecule has 0 aliphatic carbocycles. The van der Waals surface area contributed by atoms with Gasteiger partial charge >= 0.3 is 0 Å². The van der Waals surface area contributed by atoms with E-state index in [-0.39, 0.29) is 23.5 Å². The van der Waals surface area contributed by atoms with E-state index in [1.807, 2.05) is 29.6 Å². The van der Waals surface area contributed by atoms with Crippen LogP contribution in [0.5, 0.6) is 0 Å². The summed E-state index contributed by atoms with van der Waals surface area (Å²) in [5.74, 6) is -0.120. The van der Waals surface area contributed by atoms with Crippen LogP contribution in [0.1, 0.15) is 56.2 Å². The molecule has 1 aliphatic heterocycles. The quantitative estimate of drug-likeness (QED) is 0.850. The van der Waals surface area contributed by atoms with Crippen LogP contribution in [0, 0.1) is 0 Å². The number of benzene rings is 1. The van der Waals surface area contributed by atoms with Gasteiger partial charge in [0.25, 0.3) is 5.91 Å². The number of thiazole rings is 1.